The van der Waals surface area contributed by atoms with E-state index in [1.807, 2.05) is 103 Å². The van der Waals surface area contributed by atoms with E-state index < -0.39 is 0 Å². The summed E-state index contributed by atoms with van der Waals surface area (Å²) in [5, 5.41) is 2.07. The summed E-state index contributed by atoms with van der Waals surface area (Å²) in [4.78, 5) is 19.3. The Bertz CT molecular complexity index is 2150. The van der Waals surface area contributed by atoms with Crippen LogP contribution in [0.2, 0.25) is 0 Å². The van der Waals surface area contributed by atoms with E-state index in [0.717, 1.165) is 61.0 Å². The molecule has 5 heteroatoms. The Morgan fingerprint density at radius 1 is 0.419 bits per heavy atom. The summed E-state index contributed by atoms with van der Waals surface area (Å²) in [6.45, 7) is 0. The third-order valence-electron chi connectivity index (χ3n) is 7.62. The van der Waals surface area contributed by atoms with Gasteiger partial charge in [-0.25, -0.2) is 15.0 Å². The summed E-state index contributed by atoms with van der Waals surface area (Å²) in [5.74, 6) is 1.79. The fourth-order valence-electron chi connectivity index (χ4n) is 5.53. The van der Waals surface area contributed by atoms with Crippen molar-refractivity contribution in [2.75, 3.05) is 0 Å². The predicted molar refractivity (Wildman–Crippen MR) is 172 cm³/mol. The van der Waals surface area contributed by atoms with Crippen molar-refractivity contribution in [1.82, 2.24) is 19.9 Å². The van der Waals surface area contributed by atoms with Gasteiger partial charge < -0.3 is 4.42 Å². The van der Waals surface area contributed by atoms with Crippen LogP contribution in [-0.2, 0) is 0 Å². The van der Waals surface area contributed by atoms with Crippen LogP contribution >= 0.6 is 0 Å². The van der Waals surface area contributed by atoms with Crippen molar-refractivity contribution in [3.8, 4) is 56.5 Å². The maximum Gasteiger partial charge on any atom is 0.167 e. The second-order valence-electron chi connectivity index (χ2n) is 10.3. The molecule has 0 saturated carbocycles. The van der Waals surface area contributed by atoms with Crippen LogP contribution in [0.25, 0.3) is 78.5 Å². The van der Waals surface area contributed by atoms with Gasteiger partial charge in [-0.1, -0.05) is 115 Å². The highest BCUT2D eigenvalue weighted by Gasteiger charge is 2.20. The highest BCUT2D eigenvalue weighted by Crippen LogP contribution is 2.41. The number of hydrogen-bond donors (Lipinski definition) is 0. The van der Waals surface area contributed by atoms with E-state index in [-0.39, 0.29) is 0 Å². The van der Waals surface area contributed by atoms with Gasteiger partial charge in [-0.3, -0.25) is 4.98 Å². The van der Waals surface area contributed by atoms with E-state index in [9.17, 15) is 0 Å². The molecule has 5 aromatic carbocycles. The molecule has 0 unspecified atom stereocenters. The highest BCUT2D eigenvalue weighted by atomic mass is 16.3. The minimum absolute atomic E-state index is 0.564. The Kier molecular flexibility index (Phi) is 6.05. The van der Waals surface area contributed by atoms with Crippen molar-refractivity contribution in [2.45, 2.75) is 0 Å². The number of nitrogens with zero attached hydrogens (tertiary/aromatic N) is 4. The third kappa shape index (κ3) is 4.53. The molecule has 0 radical (unpaired) electrons. The SMILES string of the molecule is c1ccc(-c2nc(-c3ccccc3)nc(-c3ccc(-c4ccc(-c5ccccn5)cc4)c4c3oc3ccccc34)n2)cc1. The molecule has 8 aromatic rings. The Morgan fingerprint density at radius 2 is 1.00 bits per heavy atom. The van der Waals surface area contributed by atoms with Crippen LogP contribution in [0.1, 0.15) is 0 Å². The first-order chi connectivity index (χ1) is 21.3. The van der Waals surface area contributed by atoms with Gasteiger partial charge in [-0.2, -0.15) is 0 Å². The van der Waals surface area contributed by atoms with E-state index in [2.05, 4.69) is 47.4 Å². The zero-order valence-corrected chi connectivity index (χ0v) is 23.1. The van der Waals surface area contributed by atoms with Crippen molar-refractivity contribution >= 4 is 21.9 Å². The van der Waals surface area contributed by atoms with Crippen molar-refractivity contribution in [2.24, 2.45) is 0 Å². The van der Waals surface area contributed by atoms with Gasteiger partial charge in [0.15, 0.2) is 17.5 Å². The van der Waals surface area contributed by atoms with Crippen LogP contribution < -0.4 is 0 Å². The number of aromatic nitrogens is 4. The molecule has 0 bridgehead atoms. The van der Waals surface area contributed by atoms with Crippen LogP contribution in [0.4, 0.5) is 0 Å². The van der Waals surface area contributed by atoms with E-state index in [4.69, 9.17) is 19.4 Å². The molecule has 8 rings (SSSR count). The molecule has 43 heavy (non-hydrogen) atoms. The summed E-state index contributed by atoms with van der Waals surface area (Å²) >= 11 is 0. The van der Waals surface area contributed by atoms with Gasteiger partial charge in [0.25, 0.3) is 0 Å². The van der Waals surface area contributed by atoms with Gasteiger partial charge in [0, 0.05) is 33.7 Å². The fourth-order valence-corrected chi connectivity index (χ4v) is 5.53. The lowest BCUT2D eigenvalue weighted by Gasteiger charge is -2.11. The topological polar surface area (TPSA) is 64.7 Å². The molecule has 0 aliphatic rings. The molecule has 3 heterocycles. The van der Waals surface area contributed by atoms with Crippen molar-refractivity contribution in [3.63, 3.8) is 0 Å². The quantitative estimate of drug-likeness (QED) is 0.213. The molecule has 0 saturated heterocycles. The lowest BCUT2D eigenvalue weighted by atomic mass is 9.96. The number of rotatable bonds is 5. The van der Waals surface area contributed by atoms with Gasteiger partial charge in [-0.05, 0) is 35.4 Å². The van der Waals surface area contributed by atoms with Gasteiger partial charge in [0.05, 0.1) is 11.3 Å². The standard InChI is InChI=1S/C38H24N4O/c1-3-11-27(12-4-1)36-40-37(28-13-5-2-6-14-28)42-38(41-36)31-23-22-29(34-30-15-7-8-17-33(30)43-35(31)34)25-18-20-26(21-19-25)32-16-9-10-24-39-32/h1-24H. The Morgan fingerprint density at radius 3 is 1.67 bits per heavy atom. The molecular formula is C38H24N4O. The van der Waals surface area contributed by atoms with Crippen LogP contribution in [0, 0.1) is 0 Å². The number of benzene rings is 5. The molecule has 3 aromatic heterocycles. The molecule has 0 fully saturated rings. The van der Waals surface area contributed by atoms with Gasteiger partial charge in [0.2, 0.25) is 0 Å². The lowest BCUT2D eigenvalue weighted by molar-refractivity contribution is 0.669. The summed E-state index contributed by atoms with van der Waals surface area (Å²) in [5.41, 5.74) is 8.42. The first-order valence-electron chi connectivity index (χ1n) is 14.2. The van der Waals surface area contributed by atoms with Crippen LogP contribution in [-0.4, -0.2) is 19.9 Å². The maximum absolute atomic E-state index is 6.57. The second kappa shape index (κ2) is 10.5. The molecule has 202 valence electrons. The Labute approximate surface area is 248 Å². The van der Waals surface area contributed by atoms with Crippen molar-refractivity contribution in [1.29, 1.82) is 0 Å². The molecule has 0 spiro atoms. The average Bonchev–Trinajstić information content (AvgIpc) is 3.49. The van der Waals surface area contributed by atoms with E-state index in [1.165, 1.54) is 0 Å². The van der Waals surface area contributed by atoms with Crippen LogP contribution in [0.15, 0.2) is 150 Å². The largest absolute Gasteiger partial charge is 0.455 e. The van der Waals surface area contributed by atoms with Gasteiger partial charge >= 0.3 is 0 Å². The zero-order valence-electron chi connectivity index (χ0n) is 23.1. The maximum atomic E-state index is 6.57. The van der Waals surface area contributed by atoms with Crippen molar-refractivity contribution < 1.29 is 4.42 Å². The minimum Gasteiger partial charge on any atom is -0.455 e. The number of fused-ring (bicyclic) bond motifs is 3. The first-order valence-corrected chi connectivity index (χ1v) is 14.2. The second-order valence-corrected chi connectivity index (χ2v) is 10.3. The summed E-state index contributed by atoms with van der Waals surface area (Å²) in [7, 11) is 0. The molecule has 0 aliphatic carbocycles. The summed E-state index contributed by atoms with van der Waals surface area (Å²) in [6.07, 6.45) is 1.82. The first kappa shape index (κ1) is 24.8. The molecular weight excluding hydrogens is 528 g/mol. The normalized spacial score (nSPS) is 11.3. The molecule has 0 amide bonds. The highest BCUT2D eigenvalue weighted by molar-refractivity contribution is 6.16. The summed E-state index contributed by atoms with van der Waals surface area (Å²) in [6, 6.07) is 46.8. The van der Waals surface area contributed by atoms with Crippen molar-refractivity contribution in [3.05, 3.63) is 146 Å². The smallest absolute Gasteiger partial charge is 0.167 e. The predicted octanol–water partition coefficient (Wildman–Crippen LogP) is 9.50. The van der Waals surface area contributed by atoms with E-state index >= 15 is 0 Å². The number of hydrogen-bond acceptors (Lipinski definition) is 5. The third-order valence-corrected chi connectivity index (χ3v) is 7.62. The average molecular weight is 553 g/mol. The van der Waals surface area contributed by atoms with Crippen LogP contribution in [0.3, 0.4) is 0 Å². The van der Waals surface area contributed by atoms with Gasteiger partial charge in [-0.15, -0.1) is 0 Å². The Hall–Kier alpha value is -5.94. The molecule has 0 aliphatic heterocycles. The number of para-hydroxylation sites is 1. The monoisotopic (exact) mass is 552 g/mol. The molecule has 0 N–H and O–H groups in total. The molecule has 0 atom stereocenters. The fraction of sp³-hybridized carbons (Fsp3) is 0. The van der Waals surface area contributed by atoms with Crippen LogP contribution in [0.5, 0.6) is 0 Å². The zero-order chi connectivity index (χ0) is 28.6. The summed E-state index contributed by atoms with van der Waals surface area (Å²) < 4.78 is 6.57. The molecule has 5 nitrogen and oxygen atoms in total. The van der Waals surface area contributed by atoms with E-state index in [0.29, 0.717) is 17.5 Å². The van der Waals surface area contributed by atoms with E-state index in [1.54, 1.807) is 0 Å². The number of furan rings is 1. The number of pyridine rings is 1. The lowest BCUT2D eigenvalue weighted by Crippen LogP contribution is -2.00. The Balaban J connectivity index is 1.34. The minimum atomic E-state index is 0.564. The van der Waals surface area contributed by atoms with Gasteiger partial charge in [0.1, 0.15) is 11.2 Å².